The van der Waals surface area contributed by atoms with Crippen LogP contribution in [0.1, 0.15) is 12.0 Å². The Bertz CT molecular complexity index is 590. The van der Waals surface area contributed by atoms with E-state index in [0.29, 0.717) is 6.54 Å². The van der Waals surface area contributed by atoms with Crippen molar-refractivity contribution in [2.45, 2.75) is 23.9 Å². The van der Waals surface area contributed by atoms with Crippen LogP contribution in [-0.2, 0) is 20.9 Å². The van der Waals surface area contributed by atoms with Crippen LogP contribution in [-0.4, -0.2) is 22.8 Å². The third-order valence-corrected chi connectivity index (χ3v) is 6.34. The van der Waals surface area contributed by atoms with Crippen molar-refractivity contribution in [3.05, 3.63) is 35.9 Å². The van der Waals surface area contributed by atoms with Gasteiger partial charge in [-0.1, -0.05) is 46.3 Å². The Balaban J connectivity index is 1.49. The summed E-state index contributed by atoms with van der Waals surface area (Å²) >= 11 is 3.62. The molecule has 1 heterocycles. The van der Waals surface area contributed by atoms with E-state index in [1.165, 1.54) is 0 Å². The van der Waals surface area contributed by atoms with Crippen molar-refractivity contribution in [2.75, 3.05) is 0 Å². The molecule has 110 valence electrons. The Kier molecular flexibility index (Phi) is 3.06. The number of carbonyl (C=O) groups excluding carboxylic acids is 2. The minimum absolute atomic E-state index is 0.0156. The number of amides is 1. The number of hydrogen-bond donors (Lipinski definition) is 1. The van der Waals surface area contributed by atoms with Gasteiger partial charge in [-0.05, 0) is 17.9 Å². The van der Waals surface area contributed by atoms with Crippen molar-refractivity contribution in [3.63, 3.8) is 0 Å². The molecule has 2 saturated carbocycles. The van der Waals surface area contributed by atoms with E-state index in [4.69, 9.17) is 4.74 Å². The first-order valence-corrected chi connectivity index (χ1v) is 8.24. The van der Waals surface area contributed by atoms with E-state index >= 15 is 0 Å². The zero-order valence-corrected chi connectivity index (χ0v) is 13.0. The van der Waals surface area contributed by atoms with Gasteiger partial charge < -0.3 is 10.1 Å². The highest BCUT2D eigenvalue weighted by molar-refractivity contribution is 9.09. The van der Waals surface area contributed by atoms with Crippen molar-refractivity contribution in [1.82, 2.24) is 5.32 Å². The zero-order chi connectivity index (χ0) is 14.6. The summed E-state index contributed by atoms with van der Waals surface area (Å²) in [6.07, 6.45) is 0.895. The number of carbonyl (C=O) groups is 2. The number of esters is 1. The zero-order valence-electron chi connectivity index (χ0n) is 11.4. The van der Waals surface area contributed by atoms with Crippen molar-refractivity contribution >= 4 is 27.8 Å². The van der Waals surface area contributed by atoms with Crippen molar-refractivity contribution in [1.29, 1.82) is 0 Å². The second-order valence-electron chi connectivity index (χ2n) is 6.16. The molecule has 2 bridgehead atoms. The molecule has 6 unspecified atom stereocenters. The maximum absolute atomic E-state index is 12.5. The number of alkyl halides is 1. The minimum Gasteiger partial charge on any atom is -0.461 e. The number of hydrogen-bond acceptors (Lipinski definition) is 3. The van der Waals surface area contributed by atoms with Gasteiger partial charge in [-0.2, -0.15) is 0 Å². The normalized spacial score (nSPS) is 39.4. The highest BCUT2D eigenvalue weighted by Crippen LogP contribution is 2.59. The molecular formula is C16H16BrNO3. The lowest BCUT2D eigenvalue weighted by Gasteiger charge is -2.27. The van der Waals surface area contributed by atoms with E-state index < -0.39 is 0 Å². The van der Waals surface area contributed by atoms with Crippen LogP contribution in [0.4, 0.5) is 0 Å². The van der Waals surface area contributed by atoms with E-state index in [0.717, 1.165) is 12.0 Å². The fraction of sp³-hybridized carbons (Fsp3) is 0.500. The molecule has 21 heavy (non-hydrogen) atoms. The molecule has 1 aliphatic heterocycles. The first-order valence-electron chi connectivity index (χ1n) is 7.33. The number of benzene rings is 1. The molecule has 1 N–H and O–H groups in total. The van der Waals surface area contributed by atoms with Crippen LogP contribution in [0, 0.1) is 23.7 Å². The minimum atomic E-state index is -0.241. The van der Waals surface area contributed by atoms with Crippen LogP contribution in [0.3, 0.4) is 0 Å². The van der Waals surface area contributed by atoms with E-state index in [1.54, 1.807) is 0 Å². The summed E-state index contributed by atoms with van der Waals surface area (Å²) in [6.45, 7) is 0.506. The Morgan fingerprint density at radius 1 is 1.29 bits per heavy atom. The van der Waals surface area contributed by atoms with Gasteiger partial charge in [0.1, 0.15) is 6.10 Å². The Labute approximate surface area is 131 Å². The number of halogens is 1. The molecule has 1 saturated heterocycles. The quantitative estimate of drug-likeness (QED) is 0.669. The third kappa shape index (κ3) is 1.94. The van der Waals surface area contributed by atoms with E-state index in [2.05, 4.69) is 21.2 Å². The number of rotatable bonds is 3. The van der Waals surface area contributed by atoms with E-state index in [1.807, 2.05) is 30.3 Å². The molecule has 1 amide bonds. The predicted molar refractivity (Wildman–Crippen MR) is 79.5 cm³/mol. The highest BCUT2D eigenvalue weighted by Gasteiger charge is 2.67. The molecule has 2 aliphatic carbocycles. The van der Waals surface area contributed by atoms with Gasteiger partial charge in [0, 0.05) is 12.5 Å². The van der Waals surface area contributed by atoms with Gasteiger partial charge in [0.25, 0.3) is 0 Å². The summed E-state index contributed by atoms with van der Waals surface area (Å²) in [6, 6.07) is 9.81. The van der Waals surface area contributed by atoms with Crippen molar-refractivity contribution < 1.29 is 14.3 Å². The summed E-state index contributed by atoms with van der Waals surface area (Å²) < 4.78 is 5.43. The van der Waals surface area contributed by atoms with Crippen LogP contribution in [0.25, 0.3) is 0 Å². The Morgan fingerprint density at radius 3 is 2.81 bits per heavy atom. The first-order chi connectivity index (χ1) is 10.2. The average molecular weight is 350 g/mol. The SMILES string of the molecule is O=C(NCc1ccccc1)C1C2CC3C(OC(=O)C31)C2Br. The number of ether oxygens (including phenoxy) is 1. The molecule has 1 aromatic rings. The summed E-state index contributed by atoms with van der Waals surface area (Å²) in [4.78, 5) is 24.7. The van der Waals surface area contributed by atoms with Gasteiger partial charge in [0.2, 0.25) is 5.91 Å². The van der Waals surface area contributed by atoms with Gasteiger partial charge in [0.05, 0.1) is 16.7 Å². The molecule has 3 aliphatic rings. The molecule has 1 aromatic carbocycles. The second kappa shape index (κ2) is 4.83. The average Bonchev–Trinajstić information content (AvgIpc) is 3.10. The van der Waals surface area contributed by atoms with Crippen LogP contribution in [0.15, 0.2) is 30.3 Å². The summed E-state index contributed by atoms with van der Waals surface area (Å²) in [7, 11) is 0. The van der Waals surface area contributed by atoms with Gasteiger partial charge in [-0.25, -0.2) is 0 Å². The lowest BCUT2D eigenvalue weighted by Crippen LogP contribution is -2.43. The molecule has 0 aromatic heterocycles. The predicted octanol–water partition coefficient (Wildman–Crippen LogP) is 1.87. The Morgan fingerprint density at radius 2 is 2.05 bits per heavy atom. The fourth-order valence-electron chi connectivity index (χ4n) is 4.23. The highest BCUT2D eigenvalue weighted by atomic mass is 79.9. The molecule has 4 nitrogen and oxygen atoms in total. The van der Waals surface area contributed by atoms with Gasteiger partial charge in [-0.3, -0.25) is 9.59 Å². The van der Waals surface area contributed by atoms with Crippen LogP contribution in [0.2, 0.25) is 0 Å². The maximum atomic E-state index is 12.5. The smallest absolute Gasteiger partial charge is 0.310 e. The molecule has 3 fully saturated rings. The third-order valence-electron chi connectivity index (χ3n) is 5.14. The summed E-state index contributed by atoms with van der Waals surface area (Å²) in [5, 5.41) is 2.98. The van der Waals surface area contributed by atoms with Gasteiger partial charge in [0.15, 0.2) is 0 Å². The fourth-order valence-corrected chi connectivity index (χ4v) is 5.28. The second-order valence-corrected chi connectivity index (χ2v) is 7.22. The van der Waals surface area contributed by atoms with E-state index in [9.17, 15) is 9.59 Å². The molecule has 4 rings (SSSR count). The number of fused-ring (bicyclic) bond motifs is 1. The van der Waals surface area contributed by atoms with Crippen molar-refractivity contribution in [3.8, 4) is 0 Å². The molecular weight excluding hydrogens is 334 g/mol. The maximum Gasteiger partial charge on any atom is 0.310 e. The topological polar surface area (TPSA) is 55.4 Å². The van der Waals surface area contributed by atoms with Gasteiger partial charge in [-0.15, -0.1) is 0 Å². The van der Waals surface area contributed by atoms with E-state index in [-0.39, 0.29) is 46.5 Å². The lowest BCUT2D eigenvalue weighted by molar-refractivity contribution is -0.145. The Hall–Kier alpha value is -1.36. The van der Waals surface area contributed by atoms with Crippen LogP contribution < -0.4 is 5.32 Å². The molecule has 6 atom stereocenters. The number of nitrogens with one attached hydrogen (secondary N) is 1. The van der Waals surface area contributed by atoms with Crippen LogP contribution >= 0.6 is 15.9 Å². The van der Waals surface area contributed by atoms with Gasteiger partial charge >= 0.3 is 5.97 Å². The molecule has 0 radical (unpaired) electrons. The monoisotopic (exact) mass is 349 g/mol. The first kappa shape index (κ1) is 13.3. The van der Waals surface area contributed by atoms with Crippen LogP contribution in [0.5, 0.6) is 0 Å². The lowest BCUT2D eigenvalue weighted by atomic mass is 9.79. The summed E-state index contributed by atoms with van der Waals surface area (Å²) in [5.41, 5.74) is 1.07. The summed E-state index contributed by atoms with van der Waals surface area (Å²) in [5.74, 6) is -0.238. The van der Waals surface area contributed by atoms with Crippen molar-refractivity contribution in [2.24, 2.45) is 23.7 Å². The molecule has 0 spiro atoms. The molecule has 5 heteroatoms. The standard InChI is InChI=1S/C16H16BrNO3/c17-13-9-6-10-12(16(20)21-14(10)13)11(9)15(19)18-7-8-4-2-1-3-5-8/h1-5,9-14H,6-7H2,(H,18,19). The largest absolute Gasteiger partial charge is 0.461 e.